The van der Waals surface area contributed by atoms with E-state index in [1.807, 2.05) is 0 Å². The molecule has 0 spiro atoms. The lowest BCUT2D eigenvalue weighted by atomic mass is 10.0. The Morgan fingerprint density at radius 3 is 2.76 bits per heavy atom. The van der Waals surface area contributed by atoms with Crippen LogP contribution in [0.3, 0.4) is 0 Å². The summed E-state index contributed by atoms with van der Waals surface area (Å²) in [5, 5.41) is 9.95. The van der Waals surface area contributed by atoms with Gasteiger partial charge in [0.05, 0.1) is 10.6 Å². The van der Waals surface area contributed by atoms with Gasteiger partial charge in [0, 0.05) is 51.0 Å². The first-order chi connectivity index (χ1) is 17.9. The first-order valence-electron chi connectivity index (χ1n) is 12.4. The number of H-pyrrole nitrogens is 1. The average molecular weight is 546 g/mol. The molecule has 2 aromatic heterocycles. The zero-order valence-corrected chi connectivity index (χ0v) is 21.5. The van der Waals surface area contributed by atoms with Crippen LogP contribution >= 0.6 is 23.2 Å². The Labute approximate surface area is 222 Å². The molecule has 1 aromatic carbocycles. The van der Waals surface area contributed by atoms with Crippen molar-refractivity contribution in [2.45, 2.75) is 31.8 Å². The molecule has 12 heteroatoms. The molecule has 5 heterocycles. The van der Waals surface area contributed by atoms with Gasteiger partial charge in [0.25, 0.3) is 11.5 Å². The van der Waals surface area contributed by atoms with E-state index in [2.05, 4.69) is 20.1 Å². The number of aromatic amines is 1. The van der Waals surface area contributed by atoms with E-state index in [1.54, 1.807) is 22.7 Å². The van der Waals surface area contributed by atoms with Gasteiger partial charge in [0.1, 0.15) is 22.7 Å². The first kappa shape index (κ1) is 24.3. The number of halogens is 3. The van der Waals surface area contributed by atoms with Gasteiger partial charge in [-0.1, -0.05) is 29.3 Å². The number of piperidine rings is 1. The molecule has 6 rings (SSSR count). The van der Waals surface area contributed by atoms with Gasteiger partial charge in [0.2, 0.25) is 5.96 Å². The molecule has 0 bridgehead atoms. The molecule has 2 N–H and O–H groups in total. The third-order valence-electron chi connectivity index (χ3n) is 7.23. The number of hydrazone groups is 1. The van der Waals surface area contributed by atoms with E-state index < -0.39 is 11.7 Å². The second kappa shape index (κ2) is 9.66. The molecule has 1 unspecified atom stereocenters. The number of carbonyl (C=O) groups excluding carboxylic acids is 1. The van der Waals surface area contributed by atoms with E-state index in [-0.39, 0.29) is 33.9 Å². The standard InChI is InChI=1S/C25H26Cl2FN7O2/c26-18-12-20-23(36)30-13-16(34(20)22(18)27)10-15-4-5-19(28)17(11-15)24(37)35-21-14-29-6-9-33(21)25(31-35)32-7-2-1-3-8-32/h4-5,11-13,21,29H,1-3,6-10,14H2,(H,30,36). The Kier molecular flexibility index (Phi) is 6.34. The van der Waals surface area contributed by atoms with Gasteiger partial charge in [-0.15, -0.1) is 5.10 Å². The lowest BCUT2D eigenvalue weighted by molar-refractivity contribution is 0.0543. The molecule has 2 saturated heterocycles. The van der Waals surface area contributed by atoms with E-state index in [1.165, 1.54) is 23.6 Å². The fourth-order valence-electron chi connectivity index (χ4n) is 5.38. The van der Waals surface area contributed by atoms with Crippen LogP contribution in [-0.2, 0) is 6.42 Å². The highest BCUT2D eigenvalue weighted by atomic mass is 35.5. The van der Waals surface area contributed by atoms with Crippen molar-refractivity contribution < 1.29 is 9.18 Å². The van der Waals surface area contributed by atoms with Crippen LogP contribution in [0.1, 0.15) is 40.9 Å². The maximum Gasteiger partial charge on any atom is 0.279 e. The molecule has 9 nitrogen and oxygen atoms in total. The normalized spacial score (nSPS) is 19.9. The summed E-state index contributed by atoms with van der Waals surface area (Å²) in [6.45, 7) is 3.89. The zero-order valence-electron chi connectivity index (χ0n) is 20.0. The number of hydrogen-bond donors (Lipinski definition) is 2. The van der Waals surface area contributed by atoms with Crippen molar-refractivity contribution in [2.75, 3.05) is 32.7 Å². The number of benzene rings is 1. The third kappa shape index (κ3) is 4.26. The smallest absolute Gasteiger partial charge is 0.279 e. The molecular weight excluding hydrogens is 520 g/mol. The second-order valence-electron chi connectivity index (χ2n) is 9.58. The van der Waals surface area contributed by atoms with Crippen molar-refractivity contribution in [2.24, 2.45) is 5.10 Å². The van der Waals surface area contributed by atoms with Crippen molar-refractivity contribution in [3.63, 3.8) is 0 Å². The molecule has 3 aromatic rings. The van der Waals surface area contributed by atoms with Gasteiger partial charge in [-0.05, 0) is 43.0 Å². The number of nitrogens with zero attached hydrogens (tertiary/aromatic N) is 5. The topological polar surface area (TPSA) is 88.4 Å². The highest BCUT2D eigenvalue weighted by Crippen LogP contribution is 2.28. The molecular formula is C25H26Cl2FN7O2. The van der Waals surface area contributed by atoms with Gasteiger partial charge in [-0.3, -0.25) is 14.0 Å². The Morgan fingerprint density at radius 2 is 1.95 bits per heavy atom. The minimum atomic E-state index is -0.612. The van der Waals surface area contributed by atoms with Crippen LogP contribution in [0.4, 0.5) is 4.39 Å². The van der Waals surface area contributed by atoms with Crippen molar-refractivity contribution >= 4 is 40.6 Å². The fourth-order valence-corrected chi connectivity index (χ4v) is 5.82. The number of amides is 1. The maximum atomic E-state index is 15.0. The molecule has 2 fully saturated rings. The summed E-state index contributed by atoms with van der Waals surface area (Å²) in [5.41, 5.74) is 1.26. The molecule has 3 aliphatic rings. The van der Waals surface area contributed by atoms with Crippen LogP contribution in [0.25, 0.3) is 5.52 Å². The highest BCUT2D eigenvalue weighted by molar-refractivity contribution is 6.42. The highest BCUT2D eigenvalue weighted by Gasteiger charge is 2.42. The van der Waals surface area contributed by atoms with Gasteiger partial charge >= 0.3 is 0 Å². The summed E-state index contributed by atoms with van der Waals surface area (Å²) in [6, 6.07) is 5.95. The SMILES string of the molecule is O=C(c1cc(Cc2c[nH]c(=O)c3cc(Cl)c(Cl)n23)ccc1F)N1N=C(N2CCCCC2)N2CCNCC21. The summed E-state index contributed by atoms with van der Waals surface area (Å²) in [5.74, 6) is -0.302. The minimum Gasteiger partial charge on any atom is -0.341 e. The van der Waals surface area contributed by atoms with E-state index in [9.17, 15) is 9.59 Å². The third-order valence-corrected chi connectivity index (χ3v) is 7.99. The fraction of sp³-hybridized carbons (Fsp3) is 0.400. The Balaban J connectivity index is 1.33. The number of hydrogen-bond acceptors (Lipinski definition) is 6. The number of rotatable bonds is 3. The number of guanidine groups is 1. The van der Waals surface area contributed by atoms with Crippen LogP contribution in [0, 0.1) is 5.82 Å². The predicted octanol–water partition coefficient (Wildman–Crippen LogP) is 3.11. The van der Waals surface area contributed by atoms with Crippen LogP contribution in [0.15, 0.2) is 40.4 Å². The lowest BCUT2D eigenvalue weighted by Gasteiger charge is -2.38. The summed E-state index contributed by atoms with van der Waals surface area (Å²) in [7, 11) is 0. The van der Waals surface area contributed by atoms with Crippen molar-refractivity contribution in [1.29, 1.82) is 0 Å². The van der Waals surface area contributed by atoms with Crippen molar-refractivity contribution in [3.05, 3.63) is 73.6 Å². The second-order valence-corrected chi connectivity index (χ2v) is 10.3. The Hall–Kier alpha value is -3.08. The number of fused-ring (bicyclic) bond motifs is 2. The van der Waals surface area contributed by atoms with Crippen molar-refractivity contribution in [1.82, 2.24) is 29.5 Å². The number of aromatic nitrogens is 2. The molecule has 1 atom stereocenters. The molecule has 37 heavy (non-hydrogen) atoms. The van der Waals surface area contributed by atoms with Gasteiger partial charge in [-0.2, -0.15) is 0 Å². The Bertz CT molecular complexity index is 1460. The van der Waals surface area contributed by atoms with Crippen LogP contribution in [0.2, 0.25) is 10.2 Å². The minimum absolute atomic E-state index is 0.0519. The lowest BCUT2D eigenvalue weighted by Crippen LogP contribution is -2.58. The largest absolute Gasteiger partial charge is 0.341 e. The molecule has 0 saturated carbocycles. The monoisotopic (exact) mass is 545 g/mol. The first-order valence-corrected chi connectivity index (χ1v) is 13.2. The molecule has 0 aliphatic carbocycles. The van der Waals surface area contributed by atoms with Crippen LogP contribution < -0.4 is 10.9 Å². The average Bonchev–Trinajstić information content (AvgIpc) is 3.45. The molecule has 1 amide bonds. The van der Waals surface area contributed by atoms with Crippen LogP contribution in [-0.4, -0.2) is 74.9 Å². The Morgan fingerprint density at radius 1 is 1.14 bits per heavy atom. The van der Waals surface area contributed by atoms with E-state index >= 15 is 4.39 Å². The molecule has 194 valence electrons. The number of likely N-dealkylation sites (tertiary alicyclic amines) is 1. The number of nitrogens with one attached hydrogen (secondary N) is 2. The molecule has 3 aliphatic heterocycles. The van der Waals surface area contributed by atoms with Crippen LogP contribution in [0.5, 0.6) is 0 Å². The number of carbonyl (C=O) groups is 1. The zero-order chi connectivity index (χ0) is 25.7. The van der Waals surface area contributed by atoms with E-state index in [4.69, 9.17) is 28.3 Å². The molecule has 0 radical (unpaired) electrons. The van der Waals surface area contributed by atoms with Gasteiger partial charge in [-0.25, -0.2) is 9.40 Å². The van der Waals surface area contributed by atoms with Gasteiger partial charge in [0.15, 0.2) is 0 Å². The van der Waals surface area contributed by atoms with Crippen molar-refractivity contribution in [3.8, 4) is 0 Å². The maximum absolute atomic E-state index is 15.0. The van der Waals surface area contributed by atoms with E-state index in [0.29, 0.717) is 23.3 Å². The predicted molar refractivity (Wildman–Crippen MR) is 140 cm³/mol. The quantitative estimate of drug-likeness (QED) is 0.528. The summed E-state index contributed by atoms with van der Waals surface area (Å²) < 4.78 is 16.6. The van der Waals surface area contributed by atoms with E-state index in [0.717, 1.165) is 45.0 Å². The summed E-state index contributed by atoms with van der Waals surface area (Å²) in [6.07, 6.45) is 4.91. The number of piperazine rings is 1. The summed E-state index contributed by atoms with van der Waals surface area (Å²) in [4.78, 5) is 33.0. The summed E-state index contributed by atoms with van der Waals surface area (Å²) >= 11 is 12.5. The van der Waals surface area contributed by atoms with Gasteiger partial charge < -0.3 is 20.1 Å².